The zero-order valence-electron chi connectivity index (χ0n) is 66.9. The van der Waals surface area contributed by atoms with E-state index in [1.807, 2.05) is 0 Å². The van der Waals surface area contributed by atoms with Gasteiger partial charge in [-0.3, -0.25) is 32.5 Å². The van der Waals surface area contributed by atoms with Crippen LogP contribution >= 0.6 is 15.6 Å². The standard InChI is InChI=1S/C87H156O16P2/c1-4-7-10-13-16-19-22-25-28-30-32-34-36-37-38-39-40-41-42-43-45-47-48-50-53-55-58-61-64-67-70-73-85(90)97-76-82(88)77-99-104(93,94)100-78-83(89)79-101-105(95,96)102-81-84(103-87(92)75-72-69-66-63-60-57-52-27-24-21-18-15-12-9-6-3)80-98-86(91)74-71-68-65-62-59-56-54-51-49-46-44-35-33-31-29-26-23-20-17-14-11-8-5-2/h16-17,19-20,25-26,28-29,32-35,37-38,46,49,82-84,88-89H,4-15,18,21-24,27,30-31,36,39-45,47-48,50-81H2,1-3H3,(H,93,94)(H,95,96)/b19-16-,20-17-,28-25-,29-26-,34-32-,35-33-,38-37-,49-46-. The Bertz CT molecular complexity index is 2300. The molecule has 0 saturated carbocycles. The fraction of sp³-hybridized carbons (Fsp3) is 0.782. The molecule has 4 N–H and O–H groups in total. The molecule has 105 heavy (non-hydrogen) atoms. The Morgan fingerprint density at radius 1 is 0.267 bits per heavy atom. The van der Waals surface area contributed by atoms with Gasteiger partial charge < -0.3 is 34.2 Å². The Kier molecular flexibility index (Phi) is 77.3. The van der Waals surface area contributed by atoms with E-state index in [4.69, 9.17) is 32.3 Å². The summed E-state index contributed by atoms with van der Waals surface area (Å²) in [5.41, 5.74) is 0. The summed E-state index contributed by atoms with van der Waals surface area (Å²) in [4.78, 5) is 58.8. The molecule has 0 fully saturated rings. The van der Waals surface area contributed by atoms with Gasteiger partial charge in [-0.15, -0.1) is 0 Å². The Morgan fingerprint density at radius 3 is 0.771 bits per heavy atom. The molecule has 0 rings (SSSR count). The highest BCUT2D eigenvalue weighted by molar-refractivity contribution is 7.47. The summed E-state index contributed by atoms with van der Waals surface area (Å²) >= 11 is 0. The fourth-order valence-corrected chi connectivity index (χ4v) is 13.4. The van der Waals surface area contributed by atoms with Crippen LogP contribution in [0.3, 0.4) is 0 Å². The fourth-order valence-electron chi connectivity index (χ4n) is 11.8. The molecule has 18 heteroatoms. The molecule has 0 bridgehead atoms. The third-order valence-electron chi connectivity index (χ3n) is 18.3. The summed E-state index contributed by atoms with van der Waals surface area (Å²) in [5.74, 6) is -1.57. The molecule has 5 unspecified atom stereocenters. The number of aliphatic hydroxyl groups is 2. The van der Waals surface area contributed by atoms with Crippen molar-refractivity contribution in [1.29, 1.82) is 0 Å². The van der Waals surface area contributed by atoms with E-state index in [0.29, 0.717) is 19.3 Å². The zero-order valence-corrected chi connectivity index (χ0v) is 68.7. The molecule has 0 aliphatic carbocycles. The molecule has 0 spiro atoms. The van der Waals surface area contributed by atoms with E-state index >= 15 is 0 Å². The van der Waals surface area contributed by atoms with Crippen LogP contribution in [-0.4, -0.2) is 95.9 Å². The lowest BCUT2D eigenvalue weighted by molar-refractivity contribution is -0.161. The summed E-state index contributed by atoms with van der Waals surface area (Å²) in [5, 5.41) is 20.7. The van der Waals surface area contributed by atoms with E-state index in [1.54, 1.807) is 0 Å². The summed E-state index contributed by atoms with van der Waals surface area (Å²) in [6.45, 7) is 2.68. The number of allylic oxidation sites excluding steroid dienone is 16. The molecule has 0 aliphatic heterocycles. The topological polar surface area (TPSA) is 231 Å². The maximum Gasteiger partial charge on any atom is 0.472 e. The van der Waals surface area contributed by atoms with E-state index in [1.165, 1.54) is 193 Å². The second kappa shape index (κ2) is 80.0. The molecule has 0 aromatic carbocycles. The molecule has 610 valence electrons. The molecular weight excluding hydrogens is 1360 g/mol. The molecular formula is C87H156O16P2. The number of carbonyl (C=O) groups is 3. The molecule has 0 amide bonds. The predicted octanol–water partition coefficient (Wildman–Crippen LogP) is 25.3. The third-order valence-corrected chi connectivity index (χ3v) is 20.2. The molecule has 0 aromatic rings. The van der Waals surface area contributed by atoms with Crippen molar-refractivity contribution in [1.82, 2.24) is 0 Å². The number of ether oxygens (including phenoxy) is 3. The van der Waals surface area contributed by atoms with E-state index in [-0.39, 0.29) is 19.3 Å². The van der Waals surface area contributed by atoms with Crippen molar-refractivity contribution in [2.45, 2.75) is 399 Å². The first-order valence-corrected chi connectivity index (χ1v) is 45.5. The number of rotatable bonds is 81. The van der Waals surface area contributed by atoms with Crippen molar-refractivity contribution in [2.24, 2.45) is 0 Å². The van der Waals surface area contributed by atoms with E-state index in [0.717, 1.165) is 128 Å². The molecule has 0 saturated heterocycles. The number of aliphatic hydroxyl groups excluding tert-OH is 2. The number of unbranched alkanes of at least 4 members (excludes halogenated alkanes) is 42. The highest BCUT2D eigenvalue weighted by Crippen LogP contribution is 2.45. The number of phosphoric ester groups is 2. The van der Waals surface area contributed by atoms with Crippen LogP contribution in [0.25, 0.3) is 0 Å². The van der Waals surface area contributed by atoms with Gasteiger partial charge in [0.1, 0.15) is 25.4 Å². The van der Waals surface area contributed by atoms with Crippen molar-refractivity contribution in [3.63, 3.8) is 0 Å². The summed E-state index contributed by atoms with van der Waals surface area (Å²) in [6.07, 6.45) is 93.1. The van der Waals surface area contributed by atoms with Crippen LogP contribution in [-0.2, 0) is 55.8 Å². The van der Waals surface area contributed by atoms with Crippen LogP contribution in [0.2, 0.25) is 0 Å². The second-order valence-electron chi connectivity index (χ2n) is 28.6. The summed E-state index contributed by atoms with van der Waals surface area (Å²) < 4.78 is 61.3. The van der Waals surface area contributed by atoms with Gasteiger partial charge in [0, 0.05) is 19.3 Å². The van der Waals surface area contributed by atoms with Crippen molar-refractivity contribution in [3.05, 3.63) is 97.2 Å². The van der Waals surface area contributed by atoms with Crippen LogP contribution in [0.1, 0.15) is 380 Å². The van der Waals surface area contributed by atoms with Gasteiger partial charge in [-0.25, -0.2) is 9.13 Å². The first-order valence-electron chi connectivity index (χ1n) is 42.5. The average molecular weight is 1520 g/mol. The van der Waals surface area contributed by atoms with Crippen molar-refractivity contribution in [3.8, 4) is 0 Å². The first kappa shape index (κ1) is 101. The van der Waals surface area contributed by atoms with Crippen LogP contribution in [0, 0.1) is 0 Å². The van der Waals surface area contributed by atoms with E-state index < -0.39 is 91.5 Å². The van der Waals surface area contributed by atoms with Crippen LogP contribution < -0.4 is 0 Å². The number of hydrogen-bond donors (Lipinski definition) is 4. The summed E-state index contributed by atoms with van der Waals surface area (Å²) in [7, 11) is -9.79. The maximum atomic E-state index is 13.0. The maximum absolute atomic E-state index is 13.0. The van der Waals surface area contributed by atoms with E-state index in [9.17, 15) is 43.5 Å². The van der Waals surface area contributed by atoms with Crippen LogP contribution in [0.5, 0.6) is 0 Å². The molecule has 16 nitrogen and oxygen atoms in total. The molecule has 0 aromatic heterocycles. The minimum Gasteiger partial charge on any atom is -0.463 e. The lowest BCUT2D eigenvalue weighted by Gasteiger charge is -2.21. The lowest BCUT2D eigenvalue weighted by atomic mass is 10.0. The zero-order chi connectivity index (χ0) is 76.6. The Morgan fingerprint density at radius 2 is 0.476 bits per heavy atom. The predicted molar refractivity (Wildman–Crippen MR) is 436 cm³/mol. The molecule has 0 heterocycles. The van der Waals surface area contributed by atoms with Gasteiger partial charge in [-0.1, -0.05) is 349 Å². The van der Waals surface area contributed by atoms with Crippen LogP contribution in [0.15, 0.2) is 97.2 Å². The Labute approximate surface area is 641 Å². The monoisotopic (exact) mass is 1520 g/mol. The smallest absolute Gasteiger partial charge is 0.463 e. The van der Waals surface area contributed by atoms with Crippen LogP contribution in [0.4, 0.5) is 0 Å². The van der Waals surface area contributed by atoms with Crippen molar-refractivity contribution < 1.29 is 75.8 Å². The van der Waals surface area contributed by atoms with Gasteiger partial charge in [-0.05, 0) is 109 Å². The Balaban J connectivity index is 4.48. The van der Waals surface area contributed by atoms with Gasteiger partial charge in [0.2, 0.25) is 0 Å². The van der Waals surface area contributed by atoms with Gasteiger partial charge in [0.05, 0.1) is 26.4 Å². The minimum atomic E-state index is -4.93. The van der Waals surface area contributed by atoms with E-state index in [2.05, 4.69) is 118 Å². The SMILES string of the molecule is CCCCC/C=C\C/C=C\C/C=C\C/C=C\CCCCCCCCCCCCCCCCCC(=O)OCC(O)COP(=O)(O)OCC(O)COP(=O)(O)OCC(COC(=O)CCCCCCCCC/C=C\C/C=C\C/C=C\C/C=C\CCCCC)OC(=O)CCCCCCCCCCCCCCCCC. The number of carbonyl (C=O) groups excluding carboxylic acids is 3. The normalized spacial score (nSPS) is 14.4. The molecule has 0 aliphatic rings. The minimum absolute atomic E-state index is 0.106. The Hall–Kier alpha value is -3.53. The number of phosphoric acid groups is 2. The number of esters is 3. The van der Waals surface area contributed by atoms with Crippen molar-refractivity contribution >= 4 is 33.6 Å². The van der Waals surface area contributed by atoms with Gasteiger partial charge in [0.25, 0.3) is 0 Å². The lowest BCUT2D eigenvalue weighted by Crippen LogP contribution is -2.30. The van der Waals surface area contributed by atoms with Gasteiger partial charge >= 0.3 is 33.6 Å². The highest BCUT2D eigenvalue weighted by atomic mass is 31.2. The quantitative estimate of drug-likeness (QED) is 0.0146. The second-order valence-corrected chi connectivity index (χ2v) is 31.5. The average Bonchev–Trinajstić information content (AvgIpc) is 0.965. The van der Waals surface area contributed by atoms with Gasteiger partial charge in [-0.2, -0.15) is 0 Å². The highest BCUT2D eigenvalue weighted by Gasteiger charge is 2.29. The third kappa shape index (κ3) is 81.3. The number of hydrogen-bond acceptors (Lipinski definition) is 14. The summed E-state index contributed by atoms with van der Waals surface area (Å²) in [6, 6.07) is 0. The molecule has 5 atom stereocenters. The molecule has 0 radical (unpaired) electrons. The van der Waals surface area contributed by atoms with Crippen molar-refractivity contribution in [2.75, 3.05) is 39.6 Å². The largest absolute Gasteiger partial charge is 0.472 e. The van der Waals surface area contributed by atoms with Gasteiger partial charge in [0.15, 0.2) is 6.10 Å². The first-order chi connectivity index (χ1) is 51.2.